The second-order valence-corrected chi connectivity index (χ2v) is 9.84. The predicted octanol–water partition coefficient (Wildman–Crippen LogP) is 10.2. The molecule has 0 spiro atoms. The van der Waals surface area contributed by atoms with E-state index in [-0.39, 0.29) is 0 Å². The summed E-state index contributed by atoms with van der Waals surface area (Å²) >= 11 is 0. The van der Waals surface area contributed by atoms with Crippen LogP contribution in [0.15, 0.2) is 150 Å². The number of hydrogen-bond acceptors (Lipinski definition) is 2. The maximum atomic E-state index is 6.32. The van der Waals surface area contributed by atoms with E-state index in [1.165, 1.54) is 21.8 Å². The van der Waals surface area contributed by atoms with E-state index >= 15 is 0 Å². The predicted molar refractivity (Wildman–Crippen MR) is 163 cm³/mol. The Morgan fingerprint density at radius 3 is 1.54 bits per heavy atom. The smallest absolute Gasteiger partial charge is 0.135 e. The SMILES string of the molecule is c1ccc(N(c2ccccc2)c2ccc3oc4ccc(-n5c6ccccc6c6ccccc65)cc4c3c2)cc1. The number of anilines is 3. The van der Waals surface area contributed by atoms with E-state index < -0.39 is 0 Å². The average Bonchev–Trinajstić information content (AvgIpc) is 3.53. The summed E-state index contributed by atoms with van der Waals surface area (Å²) in [6.07, 6.45) is 0. The van der Waals surface area contributed by atoms with Crippen LogP contribution in [0.5, 0.6) is 0 Å². The molecule has 0 radical (unpaired) electrons. The molecule has 39 heavy (non-hydrogen) atoms. The Balaban J connectivity index is 1.36. The van der Waals surface area contributed by atoms with Gasteiger partial charge in [0.1, 0.15) is 11.2 Å². The molecule has 0 fully saturated rings. The van der Waals surface area contributed by atoms with Gasteiger partial charge < -0.3 is 13.9 Å². The Morgan fingerprint density at radius 2 is 0.923 bits per heavy atom. The number of fused-ring (bicyclic) bond motifs is 6. The van der Waals surface area contributed by atoms with Gasteiger partial charge in [0.05, 0.1) is 11.0 Å². The molecule has 8 rings (SSSR count). The van der Waals surface area contributed by atoms with Crippen molar-refractivity contribution in [2.45, 2.75) is 0 Å². The monoisotopic (exact) mass is 500 g/mol. The van der Waals surface area contributed by atoms with Gasteiger partial charge in [0.2, 0.25) is 0 Å². The molecule has 0 aliphatic rings. The number of para-hydroxylation sites is 4. The normalized spacial score (nSPS) is 11.6. The fourth-order valence-electron chi connectivity index (χ4n) is 5.83. The number of hydrogen-bond donors (Lipinski definition) is 0. The molecule has 0 amide bonds. The van der Waals surface area contributed by atoms with Crippen LogP contribution in [0.25, 0.3) is 49.4 Å². The van der Waals surface area contributed by atoms with Crippen molar-refractivity contribution < 1.29 is 4.42 Å². The van der Waals surface area contributed by atoms with E-state index in [4.69, 9.17) is 4.42 Å². The molecule has 0 atom stereocenters. The zero-order valence-corrected chi connectivity index (χ0v) is 21.2. The third-order valence-electron chi connectivity index (χ3n) is 7.56. The van der Waals surface area contributed by atoms with Crippen LogP contribution in [0.2, 0.25) is 0 Å². The fraction of sp³-hybridized carbons (Fsp3) is 0. The first kappa shape index (κ1) is 21.8. The summed E-state index contributed by atoms with van der Waals surface area (Å²) in [6.45, 7) is 0. The van der Waals surface area contributed by atoms with Gasteiger partial charge in [-0.15, -0.1) is 0 Å². The molecule has 3 nitrogen and oxygen atoms in total. The van der Waals surface area contributed by atoms with Crippen molar-refractivity contribution in [2.75, 3.05) is 4.90 Å². The molecule has 2 aromatic heterocycles. The van der Waals surface area contributed by atoms with Crippen LogP contribution in [-0.4, -0.2) is 4.57 Å². The highest BCUT2D eigenvalue weighted by Crippen LogP contribution is 2.39. The first-order valence-corrected chi connectivity index (χ1v) is 13.2. The van der Waals surface area contributed by atoms with Crippen molar-refractivity contribution in [2.24, 2.45) is 0 Å². The molecule has 0 bridgehead atoms. The maximum absolute atomic E-state index is 6.32. The average molecular weight is 501 g/mol. The van der Waals surface area contributed by atoms with Gasteiger partial charge in [0.15, 0.2) is 0 Å². The van der Waals surface area contributed by atoms with Crippen LogP contribution in [0, 0.1) is 0 Å². The maximum Gasteiger partial charge on any atom is 0.135 e. The summed E-state index contributed by atoms with van der Waals surface area (Å²) in [7, 11) is 0. The van der Waals surface area contributed by atoms with Crippen molar-refractivity contribution >= 4 is 60.8 Å². The molecule has 6 aromatic carbocycles. The zero-order chi connectivity index (χ0) is 25.8. The van der Waals surface area contributed by atoms with Gasteiger partial charge in [-0.25, -0.2) is 0 Å². The van der Waals surface area contributed by atoms with Crippen LogP contribution in [0.4, 0.5) is 17.1 Å². The lowest BCUT2D eigenvalue weighted by atomic mass is 10.1. The number of rotatable bonds is 4. The van der Waals surface area contributed by atoms with Crippen molar-refractivity contribution in [3.63, 3.8) is 0 Å². The van der Waals surface area contributed by atoms with Crippen LogP contribution < -0.4 is 4.90 Å². The molecular formula is C36H24N2O. The minimum atomic E-state index is 0.884. The quantitative estimate of drug-likeness (QED) is 0.240. The Hall–Kier alpha value is -5.28. The van der Waals surface area contributed by atoms with E-state index in [1.807, 2.05) is 0 Å². The highest BCUT2D eigenvalue weighted by Gasteiger charge is 2.17. The van der Waals surface area contributed by atoms with Gasteiger partial charge >= 0.3 is 0 Å². The zero-order valence-electron chi connectivity index (χ0n) is 21.2. The van der Waals surface area contributed by atoms with Crippen LogP contribution in [0.3, 0.4) is 0 Å². The Bertz CT molecular complexity index is 2030. The topological polar surface area (TPSA) is 21.3 Å². The second-order valence-electron chi connectivity index (χ2n) is 9.84. The van der Waals surface area contributed by atoms with Crippen LogP contribution in [-0.2, 0) is 0 Å². The Morgan fingerprint density at radius 1 is 0.410 bits per heavy atom. The molecular weight excluding hydrogens is 476 g/mol. The third-order valence-corrected chi connectivity index (χ3v) is 7.56. The highest BCUT2D eigenvalue weighted by atomic mass is 16.3. The molecule has 0 saturated carbocycles. The molecule has 2 heterocycles. The lowest BCUT2D eigenvalue weighted by molar-refractivity contribution is 0.669. The van der Waals surface area contributed by atoms with Crippen molar-refractivity contribution in [1.29, 1.82) is 0 Å². The number of benzene rings is 6. The van der Waals surface area contributed by atoms with Gasteiger partial charge in [0.25, 0.3) is 0 Å². The summed E-state index contributed by atoms with van der Waals surface area (Å²) < 4.78 is 8.67. The van der Waals surface area contributed by atoms with E-state index in [0.29, 0.717) is 0 Å². The molecule has 0 saturated heterocycles. The Kier molecular flexibility index (Phi) is 4.82. The molecule has 0 aliphatic carbocycles. The number of nitrogens with zero attached hydrogens (tertiary/aromatic N) is 2. The standard InChI is InChI=1S/C36H24N2O/c1-3-11-25(12-4-1)37(26-13-5-2-6-14-26)27-19-21-35-31(23-27)32-24-28(20-22-36(32)39-35)38-33-17-9-7-15-29(33)30-16-8-10-18-34(30)38/h1-24H. The summed E-state index contributed by atoms with van der Waals surface area (Å²) in [6, 6.07) is 51.2. The van der Waals surface area contributed by atoms with Gasteiger partial charge in [0, 0.05) is 44.3 Å². The molecule has 0 unspecified atom stereocenters. The molecule has 3 heteroatoms. The van der Waals surface area contributed by atoms with Crippen LogP contribution >= 0.6 is 0 Å². The third kappa shape index (κ3) is 3.44. The molecule has 184 valence electrons. The summed E-state index contributed by atoms with van der Waals surface area (Å²) in [5.74, 6) is 0. The van der Waals surface area contributed by atoms with Crippen molar-refractivity contribution in [1.82, 2.24) is 4.57 Å². The van der Waals surface area contributed by atoms with Gasteiger partial charge in [-0.1, -0.05) is 72.8 Å². The van der Waals surface area contributed by atoms with E-state index in [9.17, 15) is 0 Å². The summed E-state index contributed by atoms with van der Waals surface area (Å²) in [5, 5.41) is 4.72. The first-order chi connectivity index (χ1) is 19.3. The van der Waals surface area contributed by atoms with E-state index in [0.717, 1.165) is 44.7 Å². The number of aromatic nitrogens is 1. The molecule has 0 aliphatic heterocycles. The lowest BCUT2D eigenvalue weighted by Gasteiger charge is -2.25. The summed E-state index contributed by atoms with van der Waals surface area (Å²) in [5.41, 5.74) is 8.60. The first-order valence-electron chi connectivity index (χ1n) is 13.2. The number of furan rings is 1. The van der Waals surface area contributed by atoms with Gasteiger partial charge in [-0.05, 0) is 72.8 Å². The molecule has 0 N–H and O–H groups in total. The highest BCUT2D eigenvalue weighted by molar-refractivity contribution is 6.11. The Labute approximate surface area is 225 Å². The fourth-order valence-corrected chi connectivity index (χ4v) is 5.83. The molecule has 8 aromatic rings. The largest absolute Gasteiger partial charge is 0.456 e. The summed E-state index contributed by atoms with van der Waals surface area (Å²) in [4.78, 5) is 2.29. The van der Waals surface area contributed by atoms with E-state index in [1.54, 1.807) is 0 Å². The van der Waals surface area contributed by atoms with Crippen LogP contribution in [0.1, 0.15) is 0 Å². The minimum absolute atomic E-state index is 0.884. The minimum Gasteiger partial charge on any atom is -0.456 e. The second kappa shape index (κ2) is 8.64. The van der Waals surface area contributed by atoms with Gasteiger partial charge in [-0.3, -0.25) is 0 Å². The van der Waals surface area contributed by atoms with Crippen molar-refractivity contribution in [3.05, 3.63) is 146 Å². The van der Waals surface area contributed by atoms with E-state index in [2.05, 4.69) is 155 Å². The van der Waals surface area contributed by atoms with Crippen molar-refractivity contribution in [3.8, 4) is 5.69 Å². The van der Waals surface area contributed by atoms with Gasteiger partial charge in [-0.2, -0.15) is 0 Å². The lowest BCUT2D eigenvalue weighted by Crippen LogP contribution is -2.09.